The third-order valence-corrected chi connectivity index (χ3v) is 7.89. The van der Waals surface area contributed by atoms with Gasteiger partial charge in [0.15, 0.2) is 0 Å². The smallest absolute Gasteiger partial charge is 0.258 e. The summed E-state index contributed by atoms with van der Waals surface area (Å²) in [5.41, 5.74) is 3.37. The third kappa shape index (κ3) is 3.96. The summed E-state index contributed by atoms with van der Waals surface area (Å²) in [6, 6.07) is 12.9. The summed E-state index contributed by atoms with van der Waals surface area (Å²) in [5.74, 6) is -0.123. The van der Waals surface area contributed by atoms with Crippen LogP contribution >= 0.6 is 0 Å². The first-order chi connectivity index (χ1) is 14.0. The zero-order valence-corrected chi connectivity index (χ0v) is 17.7. The molecule has 0 radical (unpaired) electrons. The number of aryl methyl sites for hydroxylation is 2. The SMILES string of the molecule is Cc1ccc(S(=O)(=O)N2CCCCCC2)cc1C(=O)N1CCCc2ccccc21. The van der Waals surface area contributed by atoms with E-state index < -0.39 is 10.0 Å². The molecule has 2 aromatic carbocycles. The molecule has 0 unspecified atom stereocenters. The Hall–Kier alpha value is -2.18. The lowest BCUT2D eigenvalue weighted by Gasteiger charge is -2.30. The zero-order chi connectivity index (χ0) is 20.4. The molecular weight excluding hydrogens is 384 g/mol. The predicted molar refractivity (Wildman–Crippen MR) is 115 cm³/mol. The van der Waals surface area contributed by atoms with E-state index in [2.05, 4.69) is 6.07 Å². The highest BCUT2D eigenvalue weighted by Gasteiger charge is 2.29. The number of hydrogen-bond acceptors (Lipinski definition) is 3. The van der Waals surface area contributed by atoms with Crippen molar-refractivity contribution in [2.45, 2.75) is 50.3 Å². The summed E-state index contributed by atoms with van der Waals surface area (Å²) >= 11 is 0. The van der Waals surface area contributed by atoms with Gasteiger partial charge in [-0.2, -0.15) is 4.31 Å². The van der Waals surface area contributed by atoms with Gasteiger partial charge in [-0.1, -0.05) is 37.1 Å². The van der Waals surface area contributed by atoms with Crippen molar-refractivity contribution in [1.82, 2.24) is 4.31 Å². The Kier molecular flexibility index (Phi) is 5.74. The molecule has 2 heterocycles. The number of amides is 1. The van der Waals surface area contributed by atoms with Crippen LogP contribution in [-0.4, -0.2) is 38.3 Å². The highest BCUT2D eigenvalue weighted by atomic mass is 32.2. The Morgan fingerprint density at radius 2 is 1.62 bits per heavy atom. The molecular formula is C23H28N2O3S. The molecule has 29 heavy (non-hydrogen) atoms. The number of carbonyl (C=O) groups excluding carboxylic acids is 1. The number of carbonyl (C=O) groups is 1. The first kappa shape index (κ1) is 20.1. The molecule has 5 nitrogen and oxygen atoms in total. The summed E-state index contributed by atoms with van der Waals surface area (Å²) < 4.78 is 28.0. The van der Waals surface area contributed by atoms with Gasteiger partial charge in [0.05, 0.1) is 4.90 Å². The fourth-order valence-electron chi connectivity index (χ4n) is 4.31. The zero-order valence-electron chi connectivity index (χ0n) is 16.9. The molecule has 2 aromatic rings. The molecule has 2 aliphatic heterocycles. The Morgan fingerprint density at radius 1 is 0.897 bits per heavy atom. The molecule has 0 aliphatic carbocycles. The first-order valence-corrected chi connectivity index (χ1v) is 11.9. The summed E-state index contributed by atoms with van der Waals surface area (Å²) in [7, 11) is -3.59. The minimum absolute atomic E-state index is 0.123. The highest BCUT2D eigenvalue weighted by molar-refractivity contribution is 7.89. The van der Waals surface area contributed by atoms with Gasteiger partial charge in [0.1, 0.15) is 0 Å². The maximum absolute atomic E-state index is 13.4. The second kappa shape index (κ2) is 8.28. The molecule has 1 saturated heterocycles. The van der Waals surface area contributed by atoms with Crippen molar-refractivity contribution in [3.63, 3.8) is 0 Å². The Morgan fingerprint density at radius 3 is 2.38 bits per heavy atom. The molecule has 1 fully saturated rings. The molecule has 0 N–H and O–H groups in total. The average Bonchev–Trinajstić information content (AvgIpc) is 3.03. The van der Waals surface area contributed by atoms with E-state index in [0.29, 0.717) is 25.2 Å². The highest BCUT2D eigenvalue weighted by Crippen LogP contribution is 2.30. The summed E-state index contributed by atoms with van der Waals surface area (Å²) in [6.07, 6.45) is 5.79. The van der Waals surface area contributed by atoms with Crippen LogP contribution in [0.3, 0.4) is 0 Å². The van der Waals surface area contributed by atoms with Crippen molar-refractivity contribution < 1.29 is 13.2 Å². The minimum Gasteiger partial charge on any atom is -0.308 e. The fourth-order valence-corrected chi connectivity index (χ4v) is 5.86. The monoisotopic (exact) mass is 412 g/mol. The molecule has 0 atom stereocenters. The normalized spacial score (nSPS) is 18.2. The quantitative estimate of drug-likeness (QED) is 0.761. The third-order valence-electron chi connectivity index (χ3n) is 6.00. The van der Waals surface area contributed by atoms with Gasteiger partial charge in [0.25, 0.3) is 5.91 Å². The van der Waals surface area contributed by atoms with Crippen molar-refractivity contribution in [1.29, 1.82) is 0 Å². The van der Waals surface area contributed by atoms with Crippen LogP contribution < -0.4 is 4.90 Å². The van der Waals surface area contributed by atoms with E-state index in [1.807, 2.05) is 25.1 Å². The lowest BCUT2D eigenvalue weighted by molar-refractivity contribution is 0.0984. The van der Waals surface area contributed by atoms with Crippen molar-refractivity contribution in [2.24, 2.45) is 0 Å². The molecule has 154 valence electrons. The second-order valence-corrected chi connectivity index (χ2v) is 9.92. The standard InChI is InChI=1S/C23H28N2O3S/c1-18-12-13-20(29(27,28)24-14-6-2-3-7-15-24)17-21(18)23(26)25-16-8-10-19-9-4-5-11-22(19)25/h4-5,9,11-13,17H,2-3,6-8,10,14-16H2,1H3. The van der Waals surface area contributed by atoms with Crippen LogP contribution in [0.15, 0.2) is 47.4 Å². The summed E-state index contributed by atoms with van der Waals surface area (Å²) in [5, 5.41) is 0. The van der Waals surface area contributed by atoms with E-state index in [9.17, 15) is 13.2 Å². The van der Waals surface area contributed by atoms with E-state index in [1.165, 1.54) is 0 Å². The molecule has 0 bridgehead atoms. The number of rotatable bonds is 3. The largest absolute Gasteiger partial charge is 0.308 e. The molecule has 0 saturated carbocycles. The summed E-state index contributed by atoms with van der Waals surface area (Å²) in [4.78, 5) is 15.4. The van der Waals surface area contributed by atoms with Crippen LogP contribution in [-0.2, 0) is 16.4 Å². The van der Waals surface area contributed by atoms with E-state index in [1.54, 1.807) is 27.4 Å². The van der Waals surface area contributed by atoms with Gasteiger partial charge in [-0.15, -0.1) is 0 Å². The van der Waals surface area contributed by atoms with Crippen LogP contribution in [0.2, 0.25) is 0 Å². The van der Waals surface area contributed by atoms with E-state index >= 15 is 0 Å². The molecule has 0 aromatic heterocycles. The number of para-hydroxylation sites is 1. The van der Waals surface area contributed by atoms with Crippen LogP contribution in [0.1, 0.15) is 53.6 Å². The van der Waals surface area contributed by atoms with Crippen LogP contribution in [0.25, 0.3) is 0 Å². The molecule has 2 aliphatic rings. The van der Waals surface area contributed by atoms with Crippen molar-refractivity contribution in [2.75, 3.05) is 24.5 Å². The van der Waals surface area contributed by atoms with E-state index in [-0.39, 0.29) is 10.8 Å². The average molecular weight is 413 g/mol. The van der Waals surface area contributed by atoms with Gasteiger partial charge < -0.3 is 4.90 Å². The van der Waals surface area contributed by atoms with Gasteiger partial charge in [-0.3, -0.25) is 4.79 Å². The lowest BCUT2D eigenvalue weighted by Crippen LogP contribution is -2.36. The maximum Gasteiger partial charge on any atom is 0.258 e. The maximum atomic E-state index is 13.4. The number of nitrogens with zero attached hydrogens (tertiary/aromatic N) is 2. The Bertz CT molecular complexity index is 1010. The number of anilines is 1. The van der Waals surface area contributed by atoms with Crippen molar-refractivity contribution in [3.05, 3.63) is 59.2 Å². The Balaban J connectivity index is 1.68. The van der Waals surface area contributed by atoms with Gasteiger partial charge >= 0.3 is 0 Å². The second-order valence-electron chi connectivity index (χ2n) is 7.98. The first-order valence-electron chi connectivity index (χ1n) is 10.5. The van der Waals surface area contributed by atoms with Gasteiger partial charge in [0, 0.05) is 30.9 Å². The predicted octanol–water partition coefficient (Wildman–Crippen LogP) is 4.15. The summed E-state index contributed by atoms with van der Waals surface area (Å²) in [6.45, 7) is 3.63. The van der Waals surface area contributed by atoms with Crippen LogP contribution in [0, 0.1) is 6.92 Å². The molecule has 4 rings (SSSR count). The van der Waals surface area contributed by atoms with Crippen molar-refractivity contribution in [3.8, 4) is 0 Å². The van der Waals surface area contributed by atoms with Crippen LogP contribution in [0.4, 0.5) is 5.69 Å². The van der Waals surface area contributed by atoms with E-state index in [0.717, 1.165) is 55.3 Å². The molecule has 0 spiro atoms. The number of hydrogen-bond donors (Lipinski definition) is 0. The fraction of sp³-hybridized carbons (Fsp3) is 0.435. The van der Waals surface area contributed by atoms with Gasteiger partial charge in [-0.25, -0.2) is 8.42 Å². The topological polar surface area (TPSA) is 57.7 Å². The number of fused-ring (bicyclic) bond motifs is 1. The van der Waals surface area contributed by atoms with E-state index in [4.69, 9.17) is 0 Å². The van der Waals surface area contributed by atoms with Crippen LogP contribution in [0.5, 0.6) is 0 Å². The molecule has 1 amide bonds. The number of benzene rings is 2. The number of sulfonamides is 1. The van der Waals surface area contributed by atoms with Gasteiger partial charge in [-0.05, 0) is 61.9 Å². The van der Waals surface area contributed by atoms with Gasteiger partial charge in [0.2, 0.25) is 10.0 Å². The molecule has 6 heteroatoms. The van der Waals surface area contributed by atoms with Crippen molar-refractivity contribution >= 4 is 21.6 Å². The lowest BCUT2D eigenvalue weighted by atomic mass is 10.00. The Labute approximate surface area is 173 Å². The minimum atomic E-state index is -3.59.